The summed E-state index contributed by atoms with van der Waals surface area (Å²) >= 11 is 26.5. The summed E-state index contributed by atoms with van der Waals surface area (Å²) in [6.07, 6.45) is 0. The standard InChI is InChI=1S/C18H13ClO4.C17H10BrClO4.C17H10Cl2O4/c1-11-3-2-4-14(7-11)22-17(20)15-9-13-8-12(10-19)5-6-16(13)23-18(15)21;18-12-2-1-3-13(8-12)22-16(20)14-7-11-6-10(9-19)4-5-15(11)23-17(14)21;18-9-10-4-5-15-11(6-10)7-14(17(21)23-15)16(20)22-13-3-1-2-12(19)8-13/h2-9H,10H2,1H3;2*1-8H,9H2. The van der Waals surface area contributed by atoms with Crippen molar-refractivity contribution < 1.29 is 41.8 Å². The second kappa shape index (κ2) is 22.9. The maximum Gasteiger partial charge on any atom is 0.351 e. The molecule has 3 heterocycles. The van der Waals surface area contributed by atoms with Crippen molar-refractivity contribution in [2.45, 2.75) is 24.6 Å². The van der Waals surface area contributed by atoms with Crippen LogP contribution in [0.4, 0.5) is 0 Å². The lowest BCUT2D eigenvalue weighted by Crippen LogP contribution is -2.18. The largest absolute Gasteiger partial charge is 0.423 e. The van der Waals surface area contributed by atoms with E-state index in [0.29, 0.717) is 67.1 Å². The maximum absolute atomic E-state index is 12.2. The van der Waals surface area contributed by atoms with Crippen LogP contribution < -0.4 is 31.1 Å². The topological polar surface area (TPSA) is 170 Å². The second-order valence-corrected chi connectivity index (χ2v) is 16.9. The van der Waals surface area contributed by atoms with Gasteiger partial charge in [0.1, 0.15) is 50.7 Å². The van der Waals surface area contributed by atoms with Gasteiger partial charge < -0.3 is 27.5 Å². The Morgan fingerprint density at radius 2 is 0.826 bits per heavy atom. The van der Waals surface area contributed by atoms with Crippen molar-refractivity contribution in [2.24, 2.45) is 0 Å². The van der Waals surface area contributed by atoms with Crippen LogP contribution in [0, 0.1) is 6.92 Å². The number of fused-ring (bicyclic) bond motifs is 3. The van der Waals surface area contributed by atoms with E-state index in [1.165, 1.54) is 24.3 Å². The molecule has 9 rings (SSSR count). The van der Waals surface area contributed by atoms with Crippen molar-refractivity contribution >= 4 is 113 Å². The molecule has 0 N–H and O–H groups in total. The Kier molecular flexibility index (Phi) is 16.5. The highest BCUT2D eigenvalue weighted by atomic mass is 79.9. The van der Waals surface area contributed by atoms with Gasteiger partial charge in [0.25, 0.3) is 0 Å². The zero-order valence-corrected chi connectivity index (χ0v) is 40.4. The van der Waals surface area contributed by atoms with Crippen molar-refractivity contribution in [3.63, 3.8) is 0 Å². The zero-order valence-electron chi connectivity index (χ0n) is 35.8. The summed E-state index contributed by atoms with van der Waals surface area (Å²) < 4.78 is 31.9. The average molecular weight is 1070 g/mol. The van der Waals surface area contributed by atoms with Crippen molar-refractivity contribution in [1.29, 1.82) is 0 Å². The molecule has 0 fully saturated rings. The van der Waals surface area contributed by atoms with Crippen LogP contribution in [0.15, 0.2) is 178 Å². The van der Waals surface area contributed by atoms with E-state index in [4.69, 9.17) is 73.9 Å². The van der Waals surface area contributed by atoms with Crippen LogP contribution in [0.3, 0.4) is 0 Å². The first-order valence-electron chi connectivity index (χ1n) is 20.3. The number of esters is 3. The average Bonchev–Trinajstić information content (AvgIpc) is 3.33. The van der Waals surface area contributed by atoms with Crippen LogP contribution >= 0.6 is 62.3 Å². The number of benzene rings is 6. The zero-order chi connectivity index (χ0) is 49.2. The molecular formula is C52H33BrCl4O12. The number of rotatable bonds is 9. The van der Waals surface area contributed by atoms with Crippen molar-refractivity contribution in [1.82, 2.24) is 0 Å². The summed E-state index contributed by atoms with van der Waals surface area (Å²) in [5, 5.41) is 2.26. The van der Waals surface area contributed by atoms with E-state index in [-0.39, 0.29) is 22.4 Å². The first-order valence-corrected chi connectivity index (χ1v) is 23.1. The van der Waals surface area contributed by atoms with E-state index in [0.717, 1.165) is 26.7 Å². The number of hydrogen-bond acceptors (Lipinski definition) is 12. The fourth-order valence-corrected chi connectivity index (χ4v) is 7.48. The highest BCUT2D eigenvalue weighted by molar-refractivity contribution is 9.10. The van der Waals surface area contributed by atoms with Gasteiger partial charge in [-0.1, -0.05) is 70.0 Å². The molecular weight excluding hydrogens is 1040 g/mol. The highest BCUT2D eigenvalue weighted by Crippen LogP contribution is 2.24. The smallest absolute Gasteiger partial charge is 0.351 e. The minimum Gasteiger partial charge on any atom is -0.423 e. The molecule has 6 aromatic carbocycles. The number of ether oxygens (including phenoxy) is 3. The third kappa shape index (κ3) is 13.0. The lowest BCUT2D eigenvalue weighted by molar-refractivity contribution is 0.0720. The SMILES string of the molecule is Cc1cccc(OC(=O)c2cc3cc(CCl)ccc3oc2=O)c1.O=C(Oc1cccc(Br)c1)c1cc2cc(CCl)ccc2oc1=O.O=C(Oc1cccc(Cl)c1)c1cc2cc(CCl)ccc2oc1=O. The quantitative estimate of drug-likeness (QED) is 0.0581. The van der Waals surface area contributed by atoms with Crippen molar-refractivity contribution in [2.75, 3.05) is 0 Å². The summed E-state index contributed by atoms with van der Waals surface area (Å²) in [7, 11) is 0. The molecule has 12 nitrogen and oxygen atoms in total. The Morgan fingerprint density at radius 3 is 1.19 bits per heavy atom. The first-order chi connectivity index (χ1) is 33.2. The Balaban J connectivity index is 0.000000153. The molecule has 0 aliphatic carbocycles. The molecule has 0 aliphatic rings. The number of aryl methyl sites for hydroxylation is 1. The molecule has 17 heteroatoms. The number of hydrogen-bond donors (Lipinski definition) is 0. The molecule has 0 spiro atoms. The van der Waals surface area contributed by atoms with Crippen LogP contribution in [-0.4, -0.2) is 17.9 Å². The Bertz CT molecular complexity index is 3210. The molecule has 0 unspecified atom stereocenters. The summed E-state index contributed by atoms with van der Waals surface area (Å²) in [6.45, 7) is 1.88. The molecule has 0 saturated carbocycles. The summed E-state index contributed by atoms with van der Waals surface area (Å²) in [6, 6.07) is 40.0. The van der Waals surface area contributed by atoms with E-state index < -0.39 is 34.8 Å². The Labute approximate surface area is 419 Å². The van der Waals surface area contributed by atoms with E-state index in [2.05, 4.69) is 15.9 Å². The Morgan fingerprint density at radius 1 is 0.464 bits per heavy atom. The van der Waals surface area contributed by atoms with Gasteiger partial charge in [-0.25, -0.2) is 28.8 Å². The molecule has 0 saturated heterocycles. The summed E-state index contributed by atoms with van der Waals surface area (Å²) in [5.41, 5.74) is 1.97. The van der Waals surface area contributed by atoms with E-state index in [1.54, 1.807) is 115 Å². The van der Waals surface area contributed by atoms with Gasteiger partial charge in [0.2, 0.25) is 0 Å². The minimum absolute atomic E-state index is 0.147. The fraction of sp³-hybridized carbons (Fsp3) is 0.0769. The lowest BCUT2D eigenvalue weighted by atomic mass is 10.1. The molecule has 348 valence electrons. The molecule has 69 heavy (non-hydrogen) atoms. The van der Waals surface area contributed by atoms with Gasteiger partial charge in [0.15, 0.2) is 0 Å². The predicted molar refractivity (Wildman–Crippen MR) is 268 cm³/mol. The predicted octanol–water partition coefficient (Wildman–Crippen LogP) is 13.0. The Hall–Kier alpha value is -7.00. The van der Waals surface area contributed by atoms with E-state index in [9.17, 15) is 28.8 Å². The highest BCUT2D eigenvalue weighted by Gasteiger charge is 2.19. The lowest BCUT2D eigenvalue weighted by Gasteiger charge is -2.05. The van der Waals surface area contributed by atoms with Gasteiger partial charge >= 0.3 is 34.8 Å². The third-order valence-electron chi connectivity index (χ3n) is 9.73. The van der Waals surface area contributed by atoms with Gasteiger partial charge in [-0.15, -0.1) is 34.8 Å². The molecule has 0 radical (unpaired) electrons. The normalized spacial score (nSPS) is 10.7. The fourth-order valence-electron chi connectivity index (χ4n) is 6.42. The maximum atomic E-state index is 12.2. The van der Waals surface area contributed by atoms with Crippen LogP contribution in [-0.2, 0) is 17.6 Å². The molecule has 9 aromatic rings. The van der Waals surface area contributed by atoms with Gasteiger partial charge in [0.05, 0.1) is 0 Å². The van der Waals surface area contributed by atoms with Crippen molar-refractivity contribution in [3.05, 3.63) is 225 Å². The van der Waals surface area contributed by atoms with Gasteiger partial charge in [-0.2, -0.15) is 0 Å². The van der Waals surface area contributed by atoms with E-state index in [1.807, 2.05) is 13.0 Å². The number of halogens is 5. The third-order valence-corrected chi connectivity index (χ3v) is 11.4. The first kappa shape index (κ1) is 49.9. The van der Waals surface area contributed by atoms with Crippen LogP contribution in [0.2, 0.25) is 5.02 Å². The number of carbonyl (C=O) groups is 3. The van der Waals surface area contributed by atoms with Crippen LogP contribution in [0.25, 0.3) is 32.9 Å². The van der Waals surface area contributed by atoms with Gasteiger partial charge in [-0.05, 0) is 132 Å². The summed E-state index contributed by atoms with van der Waals surface area (Å²) in [5.74, 6) is -0.391. The van der Waals surface area contributed by atoms with Crippen molar-refractivity contribution in [3.8, 4) is 17.2 Å². The second-order valence-electron chi connectivity index (χ2n) is 14.8. The minimum atomic E-state index is -0.806. The molecule has 0 aliphatic heterocycles. The molecule has 0 amide bonds. The summed E-state index contributed by atoms with van der Waals surface area (Å²) in [4.78, 5) is 72.6. The monoisotopic (exact) mass is 1070 g/mol. The van der Waals surface area contributed by atoms with Crippen LogP contribution in [0.5, 0.6) is 17.2 Å². The van der Waals surface area contributed by atoms with Crippen LogP contribution in [0.1, 0.15) is 53.3 Å². The van der Waals surface area contributed by atoms with E-state index >= 15 is 0 Å². The number of carbonyl (C=O) groups excluding carboxylic acids is 3. The molecule has 0 bridgehead atoms. The molecule has 0 atom stereocenters. The number of alkyl halides is 3. The molecule has 3 aromatic heterocycles. The van der Waals surface area contributed by atoms with Gasteiger partial charge in [-0.3, -0.25) is 0 Å². The van der Waals surface area contributed by atoms with Gasteiger partial charge in [0, 0.05) is 43.3 Å².